The van der Waals surface area contributed by atoms with Crippen LogP contribution in [-0.2, 0) is 31.9 Å². The number of aromatic amines is 3. The molecule has 9 heteroatoms. The largest absolute Gasteiger partial charge is 0.468 e. The molecule has 8 bridgehead atoms. The van der Waals surface area contributed by atoms with E-state index in [9.17, 15) is 14.4 Å². The summed E-state index contributed by atoms with van der Waals surface area (Å²) in [5.41, 5.74) is 13.0. The third-order valence-corrected chi connectivity index (χ3v) is 10.7. The summed E-state index contributed by atoms with van der Waals surface area (Å²) in [7, 11) is 1.32. The molecule has 0 amide bonds. The van der Waals surface area contributed by atoms with Crippen LogP contribution in [0.5, 0.6) is 0 Å². The molecule has 0 aromatic carbocycles. The fourth-order valence-corrected chi connectivity index (χ4v) is 7.87. The smallest absolute Gasteiger partial charge is 0.321 e. The van der Waals surface area contributed by atoms with Crippen molar-refractivity contribution < 1.29 is 23.9 Å². The minimum Gasteiger partial charge on any atom is -0.468 e. The highest BCUT2D eigenvalue weighted by molar-refractivity contribution is 6.24. The predicted octanol–water partition coefficient (Wildman–Crippen LogP) is 5.57. The number of nitrogens with one attached hydrogen (secondary N) is 4. The second-order valence-corrected chi connectivity index (χ2v) is 13.8. The lowest BCUT2D eigenvalue weighted by Gasteiger charge is -2.19. The zero-order valence-corrected chi connectivity index (χ0v) is 30.1. The number of aromatic nitrogens is 3. The molecule has 258 valence electrons. The van der Waals surface area contributed by atoms with Gasteiger partial charge in [0.15, 0.2) is 5.78 Å². The third-order valence-electron chi connectivity index (χ3n) is 10.7. The molecule has 6 rings (SSSR count). The van der Waals surface area contributed by atoms with Gasteiger partial charge in [0, 0.05) is 68.6 Å². The molecule has 1 saturated heterocycles. The fraction of sp³-hybridized carbons (Fsp3) is 0.425. The van der Waals surface area contributed by atoms with Crippen LogP contribution in [0.4, 0.5) is 0 Å². The highest BCUT2D eigenvalue weighted by Crippen LogP contribution is 2.48. The Morgan fingerprint density at radius 2 is 1.57 bits per heavy atom. The SMILES string of the molecule is CCc1c2[nH]c(c1C)/C=C1\N/C(=C3\c4[nH]c(c(C)c4C(=O)[C@@H]3C(=O)OC)/C=c3\[nH]/c(c(C)c3CC)=C\2)[C@@H](CCC(=O)OCC=C(C)C)[C@@H]1C. The zero-order valence-electron chi connectivity index (χ0n) is 30.1. The number of carbonyl (C=O) groups is 3. The van der Waals surface area contributed by atoms with Crippen LogP contribution in [0.3, 0.4) is 0 Å². The molecule has 1 fully saturated rings. The molecular formula is C40H48N4O5. The highest BCUT2D eigenvalue weighted by Gasteiger charge is 2.48. The maximum atomic E-state index is 14.2. The van der Waals surface area contributed by atoms with Crippen LogP contribution in [0, 0.1) is 38.5 Å². The second-order valence-electron chi connectivity index (χ2n) is 13.8. The van der Waals surface area contributed by atoms with Crippen molar-refractivity contribution in [2.24, 2.45) is 17.8 Å². The van der Waals surface area contributed by atoms with E-state index in [1.54, 1.807) is 0 Å². The number of fused-ring (bicyclic) bond motifs is 7. The van der Waals surface area contributed by atoms with Crippen LogP contribution in [0.25, 0.3) is 23.8 Å². The quantitative estimate of drug-likeness (QED) is 0.142. The number of rotatable bonds is 8. The van der Waals surface area contributed by atoms with Crippen molar-refractivity contribution >= 4 is 41.5 Å². The maximum absolute atomic E-state index is 14.2. The molecule has 0 spiro atoms. The van der Waals surface area contributed by atoms with Gasteiger partial charge in [-0.05, 0) is 106 Å². The van der Waals surface area contributed by atoms with Crippen molar-refractivity contribution in [1.82, 2.24) is 20.3 Å². The molecule has 49 heavy (non-hydrogen) atoms. The molecule has 0 unspecified atom stereocenters. The first kappa shape index (κ1) is 34.1. The molecule has 5 heterocycles. The van der Waals surface area contributed by atoms with E-state index >= 15 is 0 Å². The van der Waals surface area contributed by atoms with Gasteiger partial charge in [-0.2, -0.15) is 0 Å². The minimum atomic E-state index is -1.12. The normalized spacial score (nSPS) is 23.2. The molecule has 3 atom stereocenters. The van der Waals surface area contributed by atoms with Gasteiger partial charge in [-0.15, -0.1) is 0 Å². The average molecular weight is 665 g/mol. The van der Waals surface area contributed by atoms with Crippen LogP contribution >= 0.6 is 0 Å². The average Bonchev–Trinajstić information content (AvgIpc) is 3.80. The summed E-state index contributed by atoms with van der Waals surface area (Å²) in [6.45, 7) is 16.8. The summed E-state index contributed by atoms with van der Waals surface area (Å²) < 4.78 is 10.8. The number of esters is 2. The summed E-state index contributed by atoms with van der Waals surface area (Å²) in [5, 5.41) is 5.70. The molecule has 0 saturated carbocycles. The van der Waals surface area contributed by atoms with E-state index < -0.39 is 11.9 Å². The van der Waals surface area contributed by atoms with Crippen LogP contribution in [0.15, 0.2) is 23.0 Å². The maximum Gasteiger partial charge on any atom is 0.321 e. The van der Waals surface area contributed by atoms with Crippen molar-refractivity contribution in [2.45, 2.75) is 81.1 Å². The molecule has 2 aliphatic heterocycles. The first-order valence-electron chi connectivity index (χ1n) is 17.4. The van der Waals surface area contributed by atoms with Gasteiger partial charge in [-0.25, -0.2) is 0 Å². The first-order valence-corrected chi connectivity index (χ1v) is 17.4. The topological polar surface area (TPSA) is 129 Å². The lowest BCUT2D eigenvalue weighted by molar-refractivity contribution is -0.143. The molecular weight excluding hydrogens is 616 g/mol. The molecule has 0 radical (unpaired) electrons. The van der Waals surface area contributed by atoms with Gasteiger partial charge in [0.05, 0.1) is 12.8 Å². The number of carbonyl (C=O) groups excluding carboxylic acids is 3. The van der Waals surface area contributed by atoms with Gasteiger partial charge in [-0.3, -0.25) is 14.4 Å². The predicted molar refractivity (Wildman–Crippen MR) is 192 cm³/mol. The van der Waals surface area contributed by atoms with E-state index in [0.29, 0.717) is 23.3 Å². The van der Waals surface area contributed by atoms with Crippen LogP contribution < -0.4 is 16.0 Å². The van der Waals surface area contributed by atoms with Crippen LogP contribution in [-0.4, -0.2) is 46.4 Å². The Kier molecular flexibility index (Phi) is 9.22. The summed E-state index contributed by atoms with van der Waals surface area (Å²) >= 11 is 0. The van der Waals surface area contributed by atoms with Gasteiger partial charge < -0.3 is 29.7 Å². The van der Waals surface area contributed by atoms with E-state index in [2.05, 4.69) is 73.1 Å². The standard InChI is InChI=1S/C40H48N4O5/c1-10-24-20(5)27-16-29-22(7)26(12-13-33(45)49-15-14-19(3)4)37(43-29)35-36(40(47)48-9)39(46)34-23(8)30(44-38(34)35)18-32-25(11-2)21(6)28(42-32)17-31(24)41-27/h14,16-18,22,26,36,41-44H,10-13,15H2,1-9H3/b28-17-,29-16-,32-18-,37-35-/t22-,26-,36+/m0/s1. The minimum absolute atomic E-state index is 0.0524. The number of ketones is 1. The molecule has 1 aliphatic carbocycles. The molecule has 3 aliphatic rings. The van der Waals surface area contributed by atoms with E-state index in [1.807, 2.05) is 26.8 Å². The number of allylic oxidation sites excluding steroid dienone is 3. The zero-order chi connectivity index (χ0) is 35.3. The Bertz CT molecular complexity index is 2090. The lowest BCUT2D eigenvalue weighted by atomic mass is 9.85. The van der Waals surface area contributed by atoms with Crippen molar-refractivity contribution in [1.29, 1.82) is 0 Å². The monoisotopic (exact) mass is 664 g/mol. The van der Waals surface area contributed by atoms with Gasteiger partial charge >= 0.3 is 11.9 Å². The van der Waals surface area contributed by atoms with E-state index in [-0.39, 0.29) is 36.6 Å². The Hall–Kier alpha value is -4.79. The van der Waals surface area contributed by atoms with Crippen molar-refractivity contribution in [3.8, 4) is 0 Å². The fourth-order valence-electron chi connectivity index (χ4n) is 7.87. The van der Waals surface area contributed by atoms with E-state index in [1.165, 1.54) is 29.4 Å². The number of hydrogen-bond acceptors (Lipinski definition) is 6. The highest BCUT2D eigenvalue weighted by atomic mass is 16.5. The number of hydrogen-bond donors (Lipinski definition) is 4. The number of methoxy groups -OCH3 is 1. The molecule has 3 aromatic heterocycles. The van der Waals surface area contributed by atoms with Gasteiger partial charge in [0.25, 0.3) is 0 Å². The van der Waals surface area contributed by atoms with E-state index in [0.717, 1.165) is 63.2 Å². The van der Waals surface area contributed by atoms with Crippen molar-refractivity contribution in [2.75, 3.05) is 13.7 Å². The Labute approximate surface area is 287 Å². The Morgan fingerprint density at radius 1 is 0.878 bits per heavy atom. The summed E-state index contributed by atoms with van der Waals surface area (Å²) in [6.07, 6.45) is 10.7. The number of Topliss-reactive ketones (excluding diaryl/α,β-unsaturated/α-hetero) is 1. The lowest BCUT2D eigenvalue weighted by Crippen LogP contribution is -2.25. The second kappa shape index (κ2) is 13.3. The van der Waals surface area contributed by atoms with Crippen LogP contribution in [0.1, 0.15) is 108 Å². The molecule has 3 aromatic rings. The Morgan fingerprint density at radius 3 is 2.24 bits per heavy atom. The van der Waals surface area contributed by atoms with Crippen molar-refractivity contribution in [3.05, 3.63) is 89.9 Å². The van der Waals surface area contributed by atoms with Crippen molar-refractivity contribution in [3.63, 3.8) is 0 Å². The summed E-state index contributed by atoms with van der Waals surface area (Å²) in [5.74, 6) is -2.54. The van der Waals surface area contributed by atoms with E-state index in [4.69, 9.17) is 9.47 Å². The first-order chi connectivity index (χ1) is 23.4. The molecule has 4 N–H and O–H groups in total. The summed E-state index contributed by atoms with van der Waals surface area (Å²) in [4.78, 5) is 51.5. The molecule has 9 nitrogen and oxygen atoms in total. The summed E-state index contributed by atoms with van der Waals surface area (Å²) in [6, 6.07) is 0. The van der Waals surface area contributed by atoms with Gasteiger partial charge in [0.1, 0.15) is 12.5 Å². The third kappa shape index (κ3) is 5.83. The van der Waals surface area contributed by atoms with Crippen LogP contribution in [0.2, 0.25) is 0 Å². The van der Waals surface area contributed by atoms with Gasteiger partial charge in [-0.1, -0.05) is 26.3 Å². The number of ether oxygens (including phenoxy) is 2. The number of H-pyrrole nitrogens is 3. The Balaban J connectivity index is 1.62. The van der Waals surface area contributed by atoms with Gasteiger partial charge in [0.2, 0.25) is 0 Å².